The number of unbranched alkanes of at least 4 members (excludes halogenated alkanes) is 1. The predicted octanol–water partition coefficient (Wildman–Crippen LogP) is 5.76. The minimum absolute atomic E-state index is 0.246. The number of hydrazone groups is 1. The van der Waals surface area contributed by atoms with Crippen LogP contribution in [-0.2, 0) is 17.7 Å². The Morgan fingerprint density at radius 3 is 2.72 bits per heavy atom. The maximum Gasteiger partial charge on any atom is 0.208 e. The van der Waals surface area contributed by atoms with Gasteiger partial charge in [0.2, 0.25) is 5.90 Å². The smallest absolute Gasteiger partial charge is 0.208 e. The highest BCUT2D eigenvalue weighted by molar-refractivity contribution is 6.42. The quantitative estimate of drug-likeness (QED) is 0.544. The number of ether oxygens (including phenoxy) is 1. The van der Waals surface area contributed by atoms with Gasteiger partial charge in [0.05, 0.1) is 28.4 Å². The van der Waals surface area contributed by atoms with E-state index in [-0.39, 0.29) is 6.04 Å². The van der Waals surface area contributed by atoms with Crippen LogP contribution in [0.1, 0.15) is 37.3 Å². The maximum absolute atomic E-state index is 6.14. The molecule has 4 rings (SSSR count). The summed E-state index contributed by atoms with van der Waals surface area (Å²) in [6.07, 6.45) is 4.15. The Morgan fingerprint density at radius 2 is 1.90 bits per heavy atom. The Labute approximate surface area is 183 Å². The van der Waals surface area contributed by atoms with E-state index in [4.69, 9.17) is 27.9 Å². The SMILES string of the molecule is CC1CC(OCCCCN2CCc3ccccc3C2)=NN1c1ccc(Cl)c(Cl)c1. The molecule has 0 amide bonds. The second-order valence-corrected chi connectivity index (χ2v) is 8.65. The molecule has 0 bridgehead atoms. The third-order valence-electron chi connectivity index (χ3n) is 5.62. The Bertz CT molecular complexity index is 886. The fraction of sp³-hybridized carbons (Fsp3) is 0.435. The summed E-state index contributed by atoms with van der Waals surface area (Å²) in [5.41, 5.74) is 3.93. The van der Waals surface area contributed by atoms with E-state index in [0.29, 0.717) is 16.7 Å². The lowest BCUT2D eigenvalue weighted by atomic mass is 10.00. The van der Waals surface area contributed by atoms with Crippen LogP contribution in [0.15, 0.2) is 47.6 Å². The largest absolute Gasteiger partial charge is 0.480 e. The minimum atomic E-state index is 0.246. The van der Waals surface area contributed by atoms with Gasteiger partial charge < -0.3 is 4.74 Å². The van der Waals surface area contributed by atoms with Crippen LogP contribution in [0.5, 0.6) is 0 Å². The number of benzene rings is 2. The van der Waals surface area contributed by atoms with Gasteiger partial charge in [-0.15, -0.1) is 5.10 Å². The number of hydrogen-bond donors (Lipinski definition) is 0. The van der Waals surface area contributed by atoms with Gasteiger partial charge in [0.15, 0.2) is 0 Å². The molecule has 29 heavy (non-hydrogen) atoms. The molecule has 0 aliphatic carbocycles. The number of anilines is 1. The summed E-state index contributed by atoms with van der Waals surface area (Å²) >= 11 is 12.2. The molecule has 2 aromatic rings. The molecule has 2 aliphatic rings. The third-order valence-corrected chi connectivity index (χ3v) is 6.36. The van der Waals surface area contributed by atoms with Crippen LogP contribution in [0.25, 0.3) is 0 Å². The van der Waals surface area contributed by atoms with E-state index in [2.05, 4.69) is 41.2 Å². The van der Waals surface area contributed by atoms with E-state index < -0.39 is 0 Å². The zero-order chi connectivity index (χ0) is 20.2. The van der Waals surface area contributed by atoms with Crippen LogP contribution in [0.4, 0.5) is 5.69 Å². The second kappa shape index (κ2) is 9.38. The average Bonchev–Trinajstić information content (AvgIpc) is 3.10. The molecule has 0 saturated heterocycles. The average molecular weight is 432 g/mol. The fourth-order valence-corrected chi connectivity index (χ4v) is 4.29. The molecule has 6 heteroatoms. The molecule has 1 atom stereocenters. The van der Waals surface area contributed by atoms with Crippen molar-refractivity contribution in [2.75, 3.05) is 24.7 Å². The molecule has 2 heterocycles. The lowest BCUT2D eigenvalue weighted by Crippen LogP contribution is -2.31. The van der Waals surface area contributed by atoms with Crippen molar-refractivity contribution in [1.82, 2.24) is 4.90 Å². The van der Waals surface area contributed by atoms with Gasteiger partial charge in [-0.2, -0.15) is 0 Å². The van der Waals surface area contributed by atoms with Gasteiger partial charge in [0.1, 0.15) is 0 Å². The Kier molecular flexibility index (Phi) is 6.63. The van der Waals surface area contributed by atoms with Crippen molar-refractivity contribution in [1.29, 1.82) is 0 Å². The molecule has 0 saturated carbocycles. The highest BCUT2D eigenvalue weighted by atomic mass is 35.5. The lowest BCUT2D eigenvalue weighted by Gasteiger charge is -2.28. The molecule has 154 valence electrons. The van der Waals surface area contributed by atoms with Crippen molar-refractivity contribution in [3.8, 4) is 0 Å². The van der Waals surface area contributed by atoms with Crippen LogP contribution >= 0.6 is 23.2 Å². The van der Waals surface area contributed by atoms with E-state index in [0.717, 1.165) is 56.9 Å². The number of halogens is 2. The third kappa shape index (κ3) is 5.06. The van der Waals surface area contributed by atoms with Crippen LogP contribution in [0, 0.1) is 0 Å². The summed E-state index contributed by atoms with van der Waals surface area (Å²) in [7, 11) is 0. The number of nitrogens with zero attached hydrogens (tertiary/aromatic N) is 3. The molecule has 1 unspecified atom stereocenters. The first-order valence-corrected chi connectivity index (χ1v) is 11.1. The van der Waals surface area contributed by atoms with Crippen molar-refractivity contribution < 1.29 is 4.74 Å². The van der Waals surface area contributed by atoms with Crippen LogP contribution < -0.4 is 5.01 Å². The van der Waals surface area contributed by atoms with E-state index >= 15 is 0 Å². The Balaban J connectivity index is 1.20. The minimum Gasteiger partial charge on any atom is -0.480 e. The predicted molar refractivity (Wildman–Crippen MR) is 121 cm³/mol. The molecule has 0 aromatic heterocycles. The summed E-state index contributed by atoms with van der Waals surface area (Å²) in [4.78, 5) is 2.55. The molecule has 0 fully saturated rings. The highest BCUT2D eigenvalue weighted by Crippen LogP contribution is 2.31. The molecular weight excluding hydrogens is 405 g/mol. The van der Waals surface area contributed by atoms with Crippen molar-refractivity contribution in [3.63, 3.8) is 0 Å². The molecule has 0 radical (unpaired) electrons. The van der Waals surface area contributed by atoms with Crippen molar-refractivity contribution in [2.45, 2.75) is 45.2 Å². The normalized spacial score (nSPS) is 19.2. The number of rotatable bonds is 6. The zero-order valence-corrected chi connectivity index (χ0v) is 18.3. The van der Waals surface area contributed by atoms with Gasteiger partial charge in [-0.25, -0.2) is 0 Å². The van der Waals surface area contributed by atoms with Gasteiger partial charge in [0.25, 0.3) is 0 Å². The lowest BCUT2D eigenvalue weighted by molar-refractivity contribution is 0.231. The molecule has 4 nitrogen and oxygen atoms in total. The number of fused-ring (bicyclic) bond motifs is 1. The number of hydrogen-bond acceptors (Lipinski definition) is 4. The molecule has 0 spiro atoms. The van der Waals surface area contributed by atoms with Crippen molar-refractivity contribution in [2.24, 2.45) is 5.10 Å². The van der Waals surface area contributed by atoms with E-state index in [1.54, 1.807) is 6.07 Å². The molecule has 2 aromatic carbocycles. The Hall–Kier alpha value is -1.75. The first-order chi connectivity index (χ1) is 14.1. The maximum atomic E-state index is 6.14. The summed E-state index contributed by atoms with van der Waals surface area (Å²) in [6, 6.07) is 14.6. The molecular formula is C23H27Cl2N3O. The Morgan fingerprint density at radius 1 is 1.07 bits per heavy atom. The summed E-state index contributed by atoms with van der Waals surface area (Å²) in [6.45, 7) is 6.19. The van der Waals surface area contributed by atoms with Crippen LogP contribution in [0.2, 0.25) is 10.0 Å². The van der Waals surface area contributed by atoms with Gasteiger partial charge in [-0.1, -0.05) is 47.5 Å². The summed E-state index contributed by atoms with van der Waals surface area (Å²) in [5.74, 6) is 0.801. The second-order valence-electron chi connectivity index (χ2n) is 7.84. The summed E-state index contributed by atoms with van der Waals surface area (Å²) in [5, 5.41) is 7.70. The topological polar surface area (TPSA) is 28.1 Å². The van der Waals surface area contributed by atoms with Crippen molar-refractivity contribution in [3.05, 3.63) is 63.6 Å². The fourth-order valence-electron chi connectivity index (χ4n) is 4.00. The summed E-state index contributed by atoms with van der Waals surface area (Å²) < 4.78 is 5.96. The first kappa shape index (κ1) is 20.5. The van der Waals surface area contributed by atoms with Crippen LogP contribution in [-0.4, -0.2) is 36.5 Å². The van der Waals surface area contributed by atoms with Crippen molar-refractivity contribution >= 4 is 34.8 Å². The van der Waals surface area contributed by atoms with Gasteiger partial charge in [-0.3, -0.25) is 9.91 Å². The molecule has 0 N–H and O–H groups in total. The standard InChI is InChI=1S/C23H27Cl2N3O/c1-17-14-23(26-28(17)20-8-9-21(24)22(25)15-20)29-13-5-4-11-27-12-10-18-6-2-3-7-19(18)16-27/h2-3,6-9,15,17H,4-5,10-14,16H2,1H3. The monoisotopic (exact) mass is 431 g/mol. The highest BCUT2D eigenvalue weighted by Gasteiger charge is 2.25. The molecule has 2 aliphatic heterocycles. The first-order valence-electron chi connectivity index (χ1n) is 10.3. The van der Waals surface area contributed by atoms with Gasteiger partial charge in [0, 0.05) is 19.5 Å². The van der Waals surface area contributed by atoms with Crippen LogP contribution in [0.3, 0.4) is 0 Å². The van der Waals surface area contributed by atoms with E-state index in [9.17, 15) is 0 Å². The van der Waals surface area contributed by atoms with Gasteiger partial charge in [-0.05, 0) is 62.1 Å². The van der Waals surface area contributed by atoms with E-state index in [1.807, 2.05) is 17.1 Å². The van der Waals surface area contributed by atoms with Gasteiger partial charge >= 0.3 is 0 Å². The zero-order valence-electron chi connectivity index (χ0n) is 16.8. The van der Waals surface area contributed by atoms with E-state index in [1.165, 1.54) is 11.1 Å².